The first-order chi connectivity index (χ1) is 16.9. The third kappa shape index (κ3) is 5.85. The Bertz CT molecular complexity index is 1230. The van der Waals surface area contributed by atoms with Crippen molar-refractivity contribution in [3.8, 4) is 23.6 Å². The maximum atomic E-state index is 12.8. The fourth-order valence-corrected chi connectivity index (χ4v) is 4.37. The second kappa shape index (κ2) is 10.8. The van der Waals surface area contributed by atoms with Gasteiger partial charge in [-0.2, -0.15) is 0 Å². The van der Waals surface area contributed by atoms with Crippen molar-refractivity contribution < 1.29 is 14.3 Å². The molecule has 1 aliphatic rings. The summed E-state index contributed by atoms with van der Waals surface area (Å²) < 4.78 is 5.04. The van der Waals surface area contributed by atoms with Gasteiger partial charge in [-0.25, -0.2) is 14.6 Å². The summed E-state index contributed by atoms with van der Waals surface area (Å²) in [4.78, 5) is 32.6. The maximum Gasteiger partial charge on any atom is 0.404 e. The Morgan fingerprint density at radius 3 is 2.63 bits per heavy atom. The fraction of sp³-hybridized carbons (Fsp3) is 0.292. The number of terminal acetylenes is 1. The molecule has 3 heterocycles. The Hall–Kier alpha value is -4.17. The number of pyridine rings is 1. The molecule has 180 valence electrons. The molecule has 0 unspecified atom stereocenters. The number of carbonyl (C=O) groups excluding carboxylic acids is 2. The number of hydrogen-bond acceptors (Lipinski definition) is 8. The first-order valence-electron chi connectivity index (χ1n) is 11.0. The Labute approximate surface area is 207 Å². The molecular formula is C24H25N7O3S. The van der Waals surface area contributed by atoms with Crippen molar-refractivity contribution in [2.75, 3.05) is 37.0 Å². The van der Waals surface area contributed by atoms with Crippen LogP contribution >= 0.6 is 11.3 Å². The van der Waals surface area contributed by atoms with E-state index in [-0.39, 0.29) is 11.7 Å². The quantitative estimate of drug-likeness (QED) is 0.485. The smallest absolute Gasteiger partial charge is 0.404 e. The number of anilines is 2. The van der Waals surface area contributed by atoms with E-state index in [1.165, 1.54) is 17.7 Å². The van der Waals surface area contributed by atoms with Gasteiger partial charge in [-0.1, -0.05) is 41.7 Å². The standard InChI is InChI=1S/C24H25N7O3S/c1-3-21-28-29-23(35-21)27-24(33)30(2)19(15-34-22(25)32)17-11-9-16(10-12-17)18-7-6-8-20(26-18)31-13-4-5-14-31/h1,6-12,19H,4-5,13-15H2,2H3,(H2,25,32)(H,27,29,33)/t19-/m0/s1. The van der Waals surface area contributed by atoms with Crippen molar-refractivity contribution in [1.29, 1.82) is 0 Å². The predicted octanol–water partition coefficient (Wildman–Crippen LogP) is 3.48. The van der Waals surface area contributed by atoms with Crippen molar-refractivity contribution in [2.45, 2.75) is 18.9 Å². The topological polar surface area (TPSA) is 127 Å². The molecule has 35 heavy (non-hydrogen) atoms. The highest BCUT2D eigenvalue weighted by Gasteiger charge is 2.24. The van der Waals surface area contributed by atoms with Gasteiger partial charge in [0.15, 0.2) is 5.01 Å². The number of nitrogens with one attached hydrogen (secondary N) is 1. The van der Waals surface area contributed by atoms with Gasteiger partial charge in [0.2, 0.25) is 5.13 Å². The molecule has 0 saturated carbocycles. The third-order valence-electron chi connectivity index (χ3n) is 5.69. The average Bonchev–Trinajstić information content (AvgIpc) is 3.57. The second-order valence-electron chi connectivity index (χ2n) is 7.94. The van der Waals surface area contributed by atoms with Crippen LogP contribution in [0.25, 0.3) is 11.3 Å². The number of carbonyl (C=O) groups is 2. The van der Waals surface area contributed by atoms with Crippen molar-refractivity contribution in [3.63, 3.8) is 0 Å². The van der Waals surface area contributed by atoms with Gasteiger partial charge in [0.05, 0.1) is 11.7 Å². The number of hydrogen-bond donors (Lipinski definition) is 2. The van der Waals surface area contributed by atoms with Crippen LogP contribution in [0.5, 0.6) is 0 Å². The van der Waals surface area contributed by atoms with E-state index in [0.717, 1.165) is 47.1 Å². The molecule has 0 bridgehead atoms. The Morgan fingerprint density at radius 2 is 1.97 bits per heavy atom. The zero-order valence-electron chi connectivity index (χ0n) is 19.2. The first kappa shape index (κ1) is 24.0. The number of primary amides is 1. The summed E-state index contributed by atoms with van der Waals surface area (Å²) in [5.74, 6) is 3.34. The largest absolute Gasteiger partial charge is 0.447 e. The van der Waals surface area contributed by atoms with Crippen LogP contribution in [0.1, 0.15) is 29.5 Å². The SMILES string of the molecule is C#Cc1nnc(NC(=O)N(C)[C@@H](COC(N)=O)c2ccc(-c3cccc(N4CCCC4)n3)cc2)s1. The summed E-state index contributed by atoms with van der Waals surface area (Å²) in [6.07, 6.45) is 6.75. The molecule has 0 radical (unpaired) electrons. The van der Waals surface area contributed by atoms with Crippen LogP contribution in [0, 0.1) is 12.3 Å². The molecule has 3 amide bonds. The van der Waals surface area contributed by atoms with Crippen LogP contribution in [0.4, 0.5) is 20.5 Å². The van der Waals surface area contributed by atoms with Gasteiger partial charge in [0, 0.05) is 25.7 Å². The summed E-state index contributed by atoms with van der Waals surface area (Å²) in [5.41, 5.74) is 7.73. The summed E-state index contributed by atoms with van der Waals surface area (Å²) >= 11 is 1.08. The molecule has 1 aliphatic heterocycles. The minimum absolute atomic E-state index is 0.118. The lowest BCUT2D eigenvalue weighted by atomic mass is 10.0. The minimum atomic E-state index is -0.925. The predicted molar refractivity (Wildman–Crippen MR) is 134 cm³/mol. The molecule has 3 N–H and O–H groups in total. The number of benzene rings is 1. The zero-order valence-corrected chi connectivity index (χ0v) is 20.0. The van der Waals surface area contributed by atoms with Crippen LogP contribution < -0.4 is 16.0 Å². The molecule has 0 aliphatic carbocycles. The van der Waals surface area contributed by atoms with Crippen LogP contribution in [0.3, 0.4) is 0 Å². The van der Waals surface area contributed by atoms with E-state index in [1.807, 2.05) is 42.5 Å². The lowest BCUT2D eigenvalue weighted by molar-refractivity contribution is 0.118. The van der Waals surface area contributed by atoms with E-state index in [0.29, 0.717) is 5.01 Å². The van der Waals surface area contributed by atoms with E-state index in [9.17, 15) is 9.59 Å². The lowest BCUT2D eigenvalue weighted by Crippen LogP contribution is -2.37. The van der Waals surface area contributed by atoms with Gasteiger partial charge in [0.25, 0.3) is 0 Å². The summed E-state index contributed by atoms with van der Waals surface area (Å²) in [6, 6.07) is 12.5. The molecular weight excluding hydrogens is 466 g/mol. The molecule has 3 aromatic rings. The number of nitrogens with two attached hydrogens (primary N) is 1. The Balaban J connectivity index is 1.52. The molecule has 11 heteroatoms. The Kier molecular flexibility index (Phi) is 7.42. The second-order valence-corrected chi connectivity index (χ2v) is 8.92. The van der Waals surface area contributed by atoms with Gasteiger partial charge in [-0.05, 0) is 36.5 Å². The molecule has 1 saturated heterocycles. The zero-order chi connectivity index (χ0) is 24.8. The van der Waals surface area contributed by atoms with Crippen LogP contribution in [-0.4, -0.2) is 58.9 Å². The number of amides is 3. The molecule has 0 spiro atoms. The lowest BCUT2D eigenvalue weighted by Gasteiger charge is -2.28. The molecule has 1 atom stereocenters. The number of rotatable bonds is 7. The highest BCUT2D eigenvalue weighted by atomic mass is 32.1. The van der Waals surface area contributed by atoms with E-state index in [4.69, 9.17) is 21.9 Å². The third-order valence-corrected chi connectivity index (χ3v) is 6.46. The van der Waals surface area contributed by atoms with Gasteiger partial charge < -0.3 is 20.3 Å². The van der Waals surface area contributed by atoms with Crippen molar-refractivity contribution in [2.24, 2.45) is 5.73 Å². The molecule has 1 aromatic carbocycles. The first-order valence-corrected chi connectivity index (χ1v) is 11.8. The number of urea groups is 1. The number of aromatic nitrogens is 3. The van der Waals surface area contributed by atoms with Gasteiger partial charge in [0.1, 0.15) is 12.4 Å². The van der Waals surface area contributed by atoms with E-state index < -0.39 is 18.2 Å². The minimum Gasteiger partial charge on any atom is -0.447 e. The van der Waals surface area contributed by atoms with Gasteiger partial charge >= 0.3 is 12.1 Å². The van der Waals surface area contributed by atoms with Gasteiger partial charge in [-0.15, -0.1) is 16.6 Å². The van der Waals surface area contributed by atoms with E-state index >= 15 is 0 Å². The summed E-state index contributed by atoms with van der Waals surface area (Å²) in [5, 5.41) is 10.9. The molecule has 2 aromatic heterocycles. The number of nitrogens with zero attached hydrogens (tertiary/aromatic N) is 5. The van der Waals surface area contributed by atoms with Crippen LogP contribution in [-0.2, 0) is 4.74 Å². The highest BCUT2D eigenvalue weighted by molar-refractivity contribution is 7.15. The molecule has 1 fully saturated rings. The maximum absolute atomic E-state index is 12.8. The number of likely N-dealkylation sites (N-methyl/N-ethyl adjacent to an activating group) is 1. The average molecular weight is 492 g/mol. The molecule has 10 nitrogen and oxygen atoms in total. The van der Waals surface area contributed by atoms with Crippen LogP contribution in [0.15, 0.2) is 42.5 Å². The van der Waals surface area contributed by atoms with E-state index in [1.54, 1.807) is 7.05 Å². The van der Waals surface area contributed by atoms with Crippen molar-refractivity contribution in [3.05, 3.63) is 53.0 Å². The van der Waals surface area contributed by atoms with Crippen molar-refractivity contribution >= 4 is 34.4 Å². The summed E-state index contributed by atoms with van der Waals surface area (Å²) in [6.45, 7) is 1.92. The fourth-order valence-electron chi connectivity index (χ4n) is 3.83. The van der Waals surface area contributed by atoms with E-state index in [2.05, 4.69) is 26.3 Å². The monoisotopic (exact) mass is 491 g/mol. The molecule has 4 rings (SSSR count). The summed E-state index contributed by atoms with van der Waals surface area (Å²) in [7, 11) is 1.59. The normalized spacial score (nSPS) is 13.7. The van der Waals surface area contributed by atoms with Gasteiger partial charge in [-0.3, -0.25) is 5.32 Å². The highest BCUT2D eigenvalue weighted by Crippen LogP contribution is 2.27. The van der Waals surface area contributed by atoms with Crippen LogP contribution in [0.2, 0.25) is 0 Å². The Morgan fingerprint density at radius 1 is 1.23 bits per heavy atom. The van der Waals surface area contributed by atoms with Crippen molar-refractivity contribution in [1.82, 2.24) is 20.1 Å². The number of ether oxygens (including phenoxy) is 1.